The van der Waals surface area contributed by atoms with Gasteiger partial charge in [0.05, 0.1) is 3.79 Å². The van der Waals surface area contributed by atoms with Crippen molar-refractivity contribution in [1.29, 1.82) is 0 Å². The molecule has 19 heavy (non-hydrogen) atoms. The first-order valence-corrected chi connectivity index (χ1v) is 8.68. The molecule has 108 valence electrons. The Kier molecular flexibility index (Phi) is 5.09. The van der Waals surface area contributed by atoms with E-state index < -0.39 is 0 Å². The van der Waals surface area contributed by atoms with Crippen LogP contribution in [0, 0.1) is 5.41 Å². The zero-order valence-corrected chi connectivity index (χ0v) is 14.4. The predicted molar refractivity (Wildman–Crippen MR) is 85.8 cm³/mol. The quantitative estimate of drug-likeness (QED) is 0.853. The Morgan fingerprint density at radius 2 is 2.26 bits per heavy atom. The van der Waals surface area contributed by atoms with E-state index in [0.29, 0.717) is 12.1 Å². The van der Waals surface area contributed by atoms with Gasteiger partial charge in [-0.3, -0.25) is 0 Å². The zero-order chi connectivity index (χ0) is 14.0. The topological polar surface area (TPSA) is 32.3 Å². The number of thiophene rings is 1. The fourth-order valence-electron chi connectivity index (χ4n) is 2.83. The van der Waals surface area contributed by atoms with Gasteiger partial charge in [0.2, 0.25) is 0 Å². The summed E-state index contributed by atoms with van der Waals surface area (Å²) >= 11 is 5.48. The van der Waals surface area contributed by atoms with Gasteiger partial charge < -0.3 is 10.4 Å². The Labute approximate surface area is 128 Å². The lowest BCUT2D eigenvalue weighted by molar-refractivity contribution is 0.181. The molecule has 2 unspecified atom stereocenters. The average molecular weight is 346 g/mol. The van der Waals surface area contributed by atoms with Crippen molar-refractivity contribution in [2.24, 2.45) is 5.41 Å². The third-order valence-corrected chi connectivity index (χ3v) is 5.66. The van der Waals surface area contributed by atoms with Crippen molar-refractivity contribution in [3.8, 4) is 0 Å². The van der Waals surface area contributed by atoms with E-state index in [1.165, 1.54) is 33.5 Å². The van der Waals surface area contributed by atoms with Crippen LogP contribution in [0.1, 0.15) is 56.5 Å². The molecular formula is C15H24BrNOS. The van der Waals surface area contributed by atoms with Gasteiger partial charge in [0.1, 0.15) is 0 Å². The van der Waals surface area contributed by atoms with E-state index in [2.05, 4.69) is 48.1 Å². The van der Waals surface area contributed by atoms with Crippen molar-refractivity contribution in [3.63, 3.8) is 0 Å². The van der Waals surface area contributed by atoms with Crippen molar-refractivity contribution >= 4 is 27.3 Å². The van der Waals surface area contributed by atoms with Crippen LogP contribution in [0.25, 0.3) is 0 Å². The summed E-state index contributed by atoms with van der Waals surface area (Å²) in [4.78, 5) is 1.52. The van der Waals surface area contributed by atoms with Crippen LogP contribution < -0.4 is 5.32 Å². The van der Waals surface area contributed by atoms with Crippen LogP contribution in [-0.4, -0.2) is 17.8 Å². The number of aliphatic hydroxyl groups excluding tert-OH is 1. The number of hydrogen-bond donors (Lipinski definition) is 2. The minimum atomic E-state index is 0.174. The molecule has 2 N–H and O–H groups in total. The standard InChI is InChI=1S/C15H24BrNOS/c1-15(2,3)13(7-8-18)17-11-5-4-6-12-10(11)9-14(16)19-12/h9,11,13,17-18H,4-8H2,1-3H3. The van der Waals surface area contributed by atoms with Crippen LogP contribution in [-0.2, 0) is 6.42 Å². The Balaban J connectivity index is 2.14. The van der Waals surface area contributed by atoms with Crippen molar-refractivity contribution in [2.45, 2.75) is 58.5 Å². The van der Waals surface area contributed by atoms with Gasteiger partial charge in [-0.2, -0.15) is 0 Å². The molecule has 0 amide bonds. The van der Waals surface area contributed by atoms with E-state index in [0.717, 1.165) is 6.42 Å². The fraction of sp³-hybridized carbons (Fsp3) is 0.733. The molecule has 1 aromatic heterocycles. The molecule has 0 saturated heterocycles. The lowest BCUT2D eigenvalue weighted by atomic mass is 9.83. The maximum absolute atomic E-state index is 9.28. The normalized spacial score (nSPS) is 21.2. The Bertz CT molecular complexity index is 424. The summed E-state index contributed by atoms with van der Waals surface area (Å²) in [5.74, 6) is 0. The van der Waals surface area contributed by atoms with Gasteiger partial charge >= 0.3 is 0 Å². The highest BCUT2D eigenvalue weighted by atomic mass is 79.9. The second-order valence-corrected chi connectivity index (χ2v) is 8.99. The average Bonchev–Trinajstić information content (AvgIpc) is 2.68. The first kappa shape index (κ1) is 15.5. The van der Waals surface area contributed by atoms with E-state index in [9.17, 15) is 5.11 Å². The van der Waals surface area contributed by atoms with Crippen molar-refractivity contribution in [2.75, 3.05) is 6.61 Å². The molecule has 2 rings (SSSR count). The maximum Gasteiger partial charge on any atom is 0.0704 e. The van der Waals surface area contributed by atoms with E-state index >= 15 is 0 Å². The molecule has 0 aromatic carbocycles. The highest BCUT2D eigenvalue weighted by Crippen LogP contribution is 2.39. The third kappa shape index (κ3) is 3.81. The molecule has 0 fully saturated rings. The van der Waals surface area contributed by atoms with Crippen LogP contribution in [0.2, 0.25) is 0 Å². The largest absolute Gasteiger partial charge is 0.396 e. The number of fused-ring (bicyclic) bond motifs is 1. The lowest BCUT2D eigenvalue weighted by Gasteiger charge is -2.36. The minimum absolute atomic E-state index is 0.174. The Hall–Kier alpha value is 0.100. The predicted octanol–water partition coefficient (Wildman–Crippen LogP) is 4.27. The molecule has 0 radical (unpaired) electrons. The lowest BCUT2D eigenvalue weighted by Crippen LogP contribution is -2.43. The number of hydrogen-bond acceptors (Lipinski definition) is 3. The van der Waals surface area contributed by atoms with Gasteiger partial charge in [0.15, 0.2) is 0 Å². The first-order chi connectivity index (χ1) is 8.91. The van der Waals surface area contributed by atoms with Gasteiger partial charge in [-0.1, -0.05) is 20.8 Å². The molecule has 0 bridgehead atoms. The molecule has 0 saturated carbocycles. The van der Waals surface area contributed by atoms with Crippen LogP contribution >= 0.6 is 27.3 Å². The molecular weight excluding hydrogens is 322 g/mol. The summed E-state index contributed by atoms with van der Waals surface area (Å²) in [5, 5.41) is 13.1. The first-order valence-electron chi connectivity index (χ1n) is 7.07. The van der Waals surface area contributed by atoms with E-state index in [1.807, 2.05) is 11.3 Å². The second-order valence-electron chi connectivity index (χ2n) is 6.47. The fourth-order valence-corrected chi connectivity index (χ4v) is 4.65. The number of aliphatic hydroxyl groups is 1. The van der Waals surface area contributed by atoms with Gasteiger partial charge in [-0.05, 0) is 58.7 Å². The van der Waals surface area contributed by atoms with Crippen molar-refractivity contribution < 1.29 is 5.11 Å². The molecule has 0 spiro atoms. The second kappa shape index (κ2) is 6.25. The van der Waals surface area contributed by atoms with Crippen molar-refractivity contribution in [1.82, 2.24) is 5.32 Å². The SMILES string of the molecule is CC(C)(C)C(CCO)NC1CCCc2sc(Br)cc21. The smallest absolute Gasteiger partial charge is 0.0704 e. The monoisotopic (exact) mass is 345 g/mol. The zero-order valence-electron chi connectivity index (χ0n) is 12.0. The van der Waals surface area contributed by atoms with Gasteiger partial charge in [-0.15, -0.1) is 11.3 Å². The molecule has 0 aliphatic heterocycles. The number of rotatable bonds is 4. The molecule has 4 heteroatoms. The molecule has 1 heterocycles. The van der Waals surface area contributed by atoms with E-state index in [1.54, 1.807) is 0 Å². The van der Waals surface area contributed by atoms with Crippen LogP contribution in [0.15, 0.2) is 9.85 Å². The molecule has 2 nitrogen and oxygen atoms in total. The highest BCUT2D eigenvalue weighted by molar-refractivity contribution is 9.11. The van der Waals surface area contributed by atoms with Crippen LogP contribution in [0.5, 0.6) is 0 Å². The van der Waals surface area contributed by atoms with E-state index in [4.69, 9.17) is 0 Å². The number of aryl methyl sites for hydroxylation is 1. The number of halogens is 1. The minimum Gasteiger partial charge on any atom is -0.396 e. The number of nitrogens with one attached hydrogen (secondary N) is 1. The Morgan fingerprint density at radius 3 is 2.89 bits per heavy atom. The molecule has 1 aliphatic carbocycles. The summed E-state index contributed by atoms with van der Waals surface area (Å²) in [6, 6.07) is 3.07. The Morgan fingerprint density at radius 1 is 1.53 bits per heavy atom. The van der Waals surface area contributed by atoms with E-state index in [-0.39, 0.29) is 12.0 Å². The molecule has 1 aliphatic rings. The van der Waals surface area contributed by atoms with Crippen LogP contribution in [0.4, 0.5) is 0 Å². The summed E-state index contributed by atoms with van der Waals surface area (Å²) in [6.45, 7) is 6.98. The highest BCUT2D eigenvalue weighted by Gasteiger charge is 2.29. The van der Waals surface area contributed by atoms with Gasteiger partial charge in [0.25, 0.3) is 0 Å². The molecule has 2 atom stereocenters. The van der Waals surface area contributed by atoms with Gasteiger partial charge in [-0.25, -0.2) is 0 Å². The third-order valence-electron chi connectivity index (χ3n) is 3.95. The van der Waals surface area contributed by atoms with Crippen molar-refractivity contribution in [3.05, 3.63) is 20.3 Å². The maximum atomic E-state index is 9.28. The summed E-state index contributed by atoms with van der Waals surface area (Å²) in [5.41, 5.74) is 1.64. The summed E-state index contributed by atoms with van der Waals surface area (Å²) in [7, 11) is 0. The van der Waals surface area contributed by atoms with Gasteiger partial charge in [0, 0.05) is 23.6 Å². The summed E-state index contributed by atoms with van der Waals surface area (Å²) < 4.78 is 1.24. The molecule has 1 aromatic rings. The summed E-state index contributed by atoms with van der Waals surface area (Å²) in [6.07, 6.45) is 4.49. The van der Waals surface area contributed by atoms with Crippen LogP contribution in [0.3, 0.4) is 0 Å².